The highest BCUT2D eigenvalue weighted by atomic mass is 35.5. The minimum atomic E-state index is -0.418. The fourth-order valence-corrected chi connectivity index (χ4v) is 3.15. The van der Waals surface area contributed by atoms with E-state index >= 15 is 0 Å². The molecule has 0 aromatic heterocycles. The number of unbranched alkanes of at least 4 members (excludes halogenated alkanes) is 2. The first-order chi connectivity index (χ1) is 14.5. The Balaban J connectivity index is 2.71. The summed E-state index contributed by atoms with van der Waals surface area (Å²) < 4.78 is 23.0. The molecule has 0 spiro atoms. The Morgan fingerprint density at radius 3 is 1.97 bits per heavy atom. The van der Waals surface area contributed by atoms with Gasteiger partial charge in [-0.2, -0.15) is 0 Å². The molecular formula is C23H29ClO6. The van der Waals surface area contributed by atoms with Crippen molar-refractivity contribution in [3.05, 3.63) is 23.2 Å². The van der Waals surface area contributed by atoms with Gasteiger partial charge in [0.1, 0.15) is 0 Å². The highest BCUT2D eigenvalue weighted by Crippen LogP contribution is 2.52. The van der Waals surface area contributed by atoms with Crippen molar-refractivity contribution in [3.63, 3.8) is 0 Å². The molecule has 0 N–H and O–H groups in total. The predicted molar refractivity (Wildman–Crippen MR) is 117 cm³/mol. The molecular weight excluding hydrogens is 408 g/mol. The van der Waals surface area contributed by atoms with Crippen LogP contribution in [-0.4, -0.2) is 25.2 Å². The third-order valence-electron chi connectivity index (χ3n) is 4.37. The van der Waals surface area contributed by atoms with Gasteiger partial charge in [0.15, 0.2) is 11.5 Å². The Morgan fingerprint density at radius 2 is 1.40 bits per heavy atom. The number of esters is 2. The normalized spacial score (nSPS) is 10.7. The van der Waals surface area contributed by atoms with Crippen LogP contribution >= 0.6 is 11.6 Å². The van der Waals surface area contributed by atoms with Crippen LogP contribution in [0.5, 0.6) is 23.0 Å². The van der Waals surface area contributed by atoms with E-state index in [1.54, 1.807) is 25.1 Å². The summed E-state index contributed by atoms with van der Waals surface area (Å²) in [6.45, 7) is 8.00. The summed E-state index contributed by atoms with van der Waals surface area (Å²) in [5, 5.41) is 1.51. The molecule has 2 aromatic carbocycles. The van der Waals surface area contributed by atoms with E-state index in [1.165, 1.54) is 0 Å². The highest BCUT2D eigenvalue weighted by Gasteiger charge is 2.27. The van der Waals surface area contributed by atoms with Crippen LogP contribution in [0.3, 0.4) is 0 Å². The molecule has 0 aliphatic heterocycles. The lowest BCUT2D eigenvalue weighted by Gasteiger charge is -2.21. The molecule has 2 rings (SSSR count). The van der Waals surface area contributed by atoms with Gasteiger partial charge in [0.05, 0.1) is 13.2 Å². The van der Waals surface area contributed by atoms with Crippen LogP contribution in [0.4, 0.5) is 0 Å². The second kappa shape index (κ2) is 11.6. The molecule has 164 valence electrons. The quantitative estimate of drug-likeness (QED) is 0.241. The van der Waals surface area contributed by atoms with E-state index < -0.39 is 5.97 Å². The average Bonchev–Trinajstić information content (AvgIpc) is 2.73. The number of carbonyl (C=O) groups is 2. The minimum absolute atomic E-state index is 0.193. The van der Waals surface area contributed by atoms with Gasteiger partial charge in [-0.05, 0) is 38.5 Å². The van der Waals surface area contributed by atoms with Crippen molar-refractivity contribution in [2.24, 2.45) is 0 Å². The lowest BCUT2D eigenvalue weighted by molar-refractivity contribution is -0.135. The summed E-state index contributed by atoms with van der Waals surface area (Å²) >= 11 is 6.23. The largest absolute Gasteiger partial charge is 0.487 e. The summed E-state index contributed by atoms with van der Waals surface area (Å²) in [6.07, 6.45) is 3.16. The zero-order valence-electron chi connectivity index (χ0n) is 18.0. The third-order valence-corrected chi connectivity index (χ3v) is 4.61. The van der Waals surface area contributed by atoms with Crippen molar-refractivity contribution in [1.29, 1.82) is 0 Å². The van der Waals surface area contributed by atoms with Gasteiger partial charge in [0, 0.05) is 28.6 Å². The van der Waals surface area contributed by atoms with Crippen molar-refractivity contribution in [3.8, 4) is 23.0 Å². The van der Waals surface area contributed by atoms with Gasteiger partial charge in [0.2, 0.25) is 11.5 Å². The molecule has 0 aliphatic rings. The van der Waals surface area contributed by atoms with E-state index in [4.69, 9.17) is 30.5 Å². The molecule has 0 amide bonds. The maximum Gasteiger partial charge on any atom is 0.311 e. The molecule has 30 heavy (non-hydrogen) atoms. The number of ether oxygens (including phenoxy) is 4. The van der Waals surface area contributed by atoms with Gasteiger partial charge < -0.3 is 18.9 Å². The zero-order valence-corrected chi connectivity index (χ0v) is 18.8. The molecule has 0 bridgehead atoms. The summed E-state index contributed by atoms with van der Waals surface area (Å²) in [7, 11) is 0. The van der Waals surface area contributed by atoms with E-state index in [0.29, 0.717) is 29.0 Å². The van der Waals surface area contributed by atoms with Crippen LogP contribution in [0.15, 0.2) is 18.2 Å². The first-order valence-corrected chi connectivity index (χ1v) is 10.8. The van der Waals surface area contributed by atoms with Gasteiger partial charge >= 0.3 is 11.9 Å². The third kappa shape index (κ3) is 5.79. The fraction of sp³-hybridized carbons (Fsp3) is 0.478. The van der Waals surface area contributed by atoms with Gasteiger partial charge in [-0.3, -0.25) is 9.59 Å². The van der Waals surface area contributed by atoms with Crippen LogP contribution in [0.25, 0.3) is 10.8 Å². The molecule has 2 aromatic rings. The summed E-state index contributed by atoms with van der Waals surface area (Å²) in [4.78, 5) is 24.6. The molecule has 7 heteroatoms. The van der Waals surface area contributed by atoms with E-state index in [1.807, 2.05) is 13.8 Å². The standard InChI is InChI=1S/C23H29ClO6/c1-5-9-10-11-19(26)30-21-17-14-15(24)12-13-16(17)20(29-18(25)6-2)22(27-7-3)23(21)28-8-4/h12-14H,5-11H2,1-4H3. The van der Waals surface area contributed by atoms with Crippen molar-refractivity contribution in [2.45, 2.75) is 59.8 Å². The monoisotopic (exact) mass is 436 g/mol. The van der Waals surface area contributed by atoms with Crippen molar-refractivity contribution in [1.82, 2.24) is 0 Å². The molecule has 0 saturated carbocycles. The molecule has 0 saturated heterocycles. The number of carbonyl (C=O) groups excluding carboxylic acids is 2. The Hall–Kier alpha value is -2.47. The first-order valence-electron chi connectivity index (χ1n) is 10.4. The molecule has 0 aliphatic carbocycles. The summed E-state index contributed by atoms with van der Waals surface area (Å²) in [5.74, 6) is 0.106. The lowest BCUT2D eigenvalue weighted by Crippen LogP contribution is -2.13. The number of halogens is 1. The number of benzene rings is 2. The van der Waals surface area contributed by atoms with E-state index in [0.717, 1.165) is 19.3 Å². The lowest BCUT2D eigenvalue weighted by atomic mass is 10.1. The Labute approximate surface area is 182 Å². The Morgan fingerprint density at radius 1 is 0.800 bits per heavy atom. The van der Waals surface area contributed by atoms with Gasteiger partial charge in [-0.15, -0.1) is 0 Å². The maximum atomic E-state index is 12.5. The second-order valence-corrected chi connectivity index (χ2v) is 7.07. The average molecular weight is 437 g/mol. The van der Waals surface area contributed by atoms with Crippen LogP contribution in [-0.2, 0) is 9.59 Å². The molecule has 0 fully saturated rings. The molecule has 6 nitrogen and oxygen atoms in total. The predicted octanol–water partition coefficient (Wildman–Crippen LogP) is 6.09. The number of hydrogen-bond acceptors (Lipinski definition) is 6. The van der Waals surface area contributed by atoms with E-state index in [9.17, 15) is 9.59 Å². The van der Waals surface area contributed by atoms with Crippen LogP contribution in [0, 0.1) is 0 Å². The number of hydrogen-bond donors (Lipinski definition) is 0. The van der Waals surface area contributed by atoms with Crippen LogP contribution < -0.4 is 18.9 Å². The molecule has 0 radical (unpaired) electrons. The fourth-order valence-electron chi connectivity index (χ4n) is 2.98. The van der Waals surface area contributed by atoms with Gasteiger partial charge in [-0.1, -0.05) is 38.3 Å². The van der Waals surface area contributed by atoms with Crippen LogP contribution in [0.1, 0.15) is 59.8 Å². The molecule has 0 heterocycles. The SMILES string of the molecule is CCCCCC(=O)Oc1c(OCC)c(OCC)c(OC(=O)CC)c2ccc(Cl)cc12. The van der Waals surface area contributed by atoms with Gasteiger partial charge in [-0.25, -0.2) is 0 Å². The Kier molecular flexibility index (Phi) is 9.24. The Bertz CT molecular complexity index is 893. The van der Waals surface area contributed by atoms with E-state index in [-0.39, 0.29) is 41.8 Å². The maximum absolute atomic E-state index is 12.5. The second-order valence-electron chi connectivity index (χ2n) is 6.63. The number of rotatable bonds is 11. The minimum Gasteiger partial charge on any atom is -0.487 e. The number of fused-ring (bicyclic) bond motifs is 1. The van der Waals surface area contributed by atoms with Crippen LogP contribution in [0.2, 0.25) is 5.02 Å². The topological polar surface area (TPSA) is 71.1 Å². The highest BCUT2D eigenvalue weighted by molar-refractivity contribution is 6.31. The smallest absolute Gasteiger partial charge is 0.311 e. The summed E-state index contributed by atoms with van der Waals surface area (Å²) in [6, 6.07) is 5.05. The molecule has 0 atom stereocenters. The van der Waals surface area contributed by atoms with Crippen molar-refractivity contribution >= 4 is 34.3 Å². The van der Waals surface area contributed by atoms with Crippen molar-refractivity contribution < 1.29 is 28.5 Å². The van der Waals surface area contributed by atoms with Crippen molar-refractivity contribution in [2.75, 3.05) is 13.2 Å². The van der Waals surface area contributed by atoms with Gasteiger partial charge in [0.25, 0.3) is 0 Å². The van der Waals surface area contributed by atoms with E-state index in [2.05, 4.69) is 6.92 Å². The molecule has 0 unspecified atom stereocenters. The summed E-state index contributed by atoms with van der Waals surface area (Å²) in [5.41, 5.74) is 0. The first kappa shape index (κ1) is 23.8. The zero-order chi connectivity index (χ0) is 22.1.